The van der Waals surface area contributed by atoms with Crippen molar-refractivity contribution in [2.24, 2.45) is 5.73 Å². The lowest BCUT2D eigenvalue weighted by molar-refractivity contribution is -0.131. The summed E-state index contributed by atoms with van der Waals surface area (Å²) < 4.78 is 5.34. The molecule has 1 aliphatic heterocycles. The normalized spacial score (nSPS) is 36.5. The highest BCUT2D eigenvalue weighted by atomic mass is 16.5. The third kappa shape index (κ3) is 2.92. The summed E-state index contributed by atoms with van der Waals surface area (Å²) in [6.45, 7) is 0.730. The summed E-state index contributed by atoms with van der Waals surface area (Å²) in [4.78, 5) is 11.7. The zero-order valence-corrected chi connectivity index (χ0v) is 9.08. The Labute approximate surface area is 90.5 Å². The summed E-state index contributed by atoms with van der Waals surface area (Å²) in [7, 11) is 0. The Morgan fingerprint density at radius 3 is 2.53 bits per heavy atom. The maximum Gasteiger partial charge on any atom is 0.249 e. The maximum atomic E-state index is 11.7. The topological polar surface area (TPSA) is 64.3 Å². The fraction of sp³-hybridized carbons (Fsp3) is 0.909. The average Bonchev–Trinajstić information content (AvgIpc) is 2.74. The van der Waals surface area contributed by atoms with E-state index in [1.165, 1.54) is 0 Å². The van der Waals surface area contributed by atoms with E-state index in [0.717, 1.165) is 45.1 Å². The van der Waals surface area contributed by atoms with Crippen LogP contribution in [0.15, 0.2) is 0 Å². The van der Waals surface area contributed by atoms with Crippen molar-refractivity contribution in [1.29, 1.82) is 0 Å². The molecule has 2 aliphatic rings. The zero-order valence-electron chi connectivity index (χ0n) is 9.08. The number of hydrogen-bond acceptors (Lipinski definition) is 3. The van der Waals surface area contributed by atoms with Crippen molar-refractivity contribution in [2.75, 3.05) is 6.61 Å². The molecule has 0 bridgehead atoms. The van der Waals surface area contributed by atoms with Crippen LogP contribution in [0.1, 0.15) is 38.5 Å². The third-order valence-corrected chi connectivity index (χ3v) is 3.34. The molecule has 86 valence electrons. The second kappa shape index (κ2) is 4.94. The van der Waals surface area contributed by atoms with Crippen LogP contribution in [0.3, 0.4) is 0 Å². The molecule has 1 atom stereocenters. The van der Waals surface area contributed by atoms with E-state index in [4.69, 9.17) is 10.5 Å². The van der Waals surface area contributed by atoms with Gasteiger partial charge in [-0.3, -0.25) is 4.79 Å². The molecule has 3 N–H and O–H groups in total. The molecule has 2 rings (SSSR count). The number of amides is 1. The van der Waals surface area contributed by atoms with Crippen LogP contribution >= 0.6 is 0 Å². The Bertz CT molecular complexity index is 219. The molecule has 1 saturated heterocycles. The first-order chi connectivity index (χ1) is 7.25. The highest BCUT2D eigenvalue weighted by Gasteiger charge is 2.27. The van der Waals surface area contributed by atoms with E-state index in [0.29, 0.717) is 12.1 Å². The first-order valence-corrected chi connectivity index (χ1v) is 5.93. The molecule has 0 aromatic heterocycles. The van der Waals surface area contributed by atoms with Gasteiger partial charge in [0, 0.05) is 18.7 Å². The predicted octanol–water partition coefficient (Wildman–Crippen LogP) is 0.551. The van der Waals surface area contributed by atoms with Crippen LogP contribution in [0.25, 0.3) is 0 Å². The molecule has 1 amide bonds. The minimum atomic E-state index is -0.194. The first-order valence-electron chi connectivity index (χ1n) is 5.93. The molecule has 0 radical (unpaired) electrons. The molecule has 2 fully saturated rings. The van der Waals surface area contributed by atoms with Crippen molar-refractivity contribution in [2.45, 2.75) is 56.7 Å². The van der Waals surface area contributed by atoms with E-state index in [9.17, 15) is 4.79 Å². The molecule has 1 aliphatic carbocycles. The Morgan fingerprint density at radius 1 is 1.20 bits per heavy atom. The number of nitrogens with one attached hydrogen (secondary N) is 1. The second-order valence-corrected chi connectivity index (χ2v) is 4.62. The summed E-state index contributed by atoms with van der Waals surface area (Å²) in [5.41, 5.74) is 5.81. The molecule has 1 heterocycles. The van der Waals surface area contributed by atoms with Gasteiger partial charge in [0.2, 0.25) is 5.91 Å². The van der Waals surface area contributed by atoms with Crippen molar-refractivity contribution in [3.63, 3.8) is 0 Å². The molecular formula is C11H20N2O2. The fourth-order valence-corrected chi connectivity index (χ4v) is 2.34. The largest absolute Gasteiger partial charge is 0.368 e. The fourth-order valence-electron chi connectivity index (χ4n) is 2.34. The lowest BCUT2D eigenvalue weighted by Crippen LogP contribution is -2.44. The van der Waals surface area contributed by atoms with Gasteiger partial charge in [-0.2, -0.15) is 0 Å². The smallest absolute Gasteiger partial charge is 0.249 e. The summed E-state index contributed by atoms with van der Waals surface area (Å²) in [5, 5.41) is 3.06. The summed E-state index contributed by atoms with van der Waals surface area (Å²) in [6, 6.07) is 0.655. The van der Waals surface area contributed by atoms with E-state index < -0.39 is 0 Å². The van der Waals surface area contributed by atoms with Crippen LogP contribution in [0.5, 0.6) is 0 Å². The van der Waals surface area contributed by atoms with Gasteiger partial charge in [0.05, 0.1) is 0 Å². The predicted molar refractivity (Wildman–Crippen MR) is 57.3 cm³/mol. The van der Waals surface area contributed by atoms with Gasteiger partial charge in [-0.05, 0) is 38.5 Å². The third-order valence-electron chi connectivity index (χ3n) is 3.34. The molecule has 15 heavy (non-hydrogen) atoms. The number of carbonyl (C=O) groups excluding carboxylic acids is 1. The van der Waals surface area contributed by atoms with Gasteiger partial charge in [-0.1, -0.05) is 0 Å². The number of carbonyl (C=O) groups is 1. The SMILES string of the molecule is NC1CCC(NC(=O)[C@H]2CCCO2)CC1. The van der Waals surface area contributed by atoms with Crippen molar-refractivity contribution in [3.8, 4) is 0 Å². The van der Waals surface area contributed by atoms with Gasteiger partial charge in [-0.15, -0.1) is 0 Å². The minimum absolute atomic E-state index is 0.0768. The van der Waals surface area contributed by atoms with Crippen molar-refractivity contribution in [3.05, 3.63) is 0 Å². The van der Waals surface area contributed by atoms with E-state index in [2.05, 4.69) is 5.32 Å². The average molecular weight is 212 g/mol. The molecule has 1 saturated carbocycles. The zero-order chi connectivity index (χ0) is 10.7. The van der Waals surface area contributed by atoms with E-state index in [1.54, 1.807) is 0 Å². The van der Waals surface area contributed by atoms with Crippen LogP contribution < -0.4 is 11.1 Å². The molecule has 0 aromatic carbocycles. The molecular weight excluding hydrogens is 192 g/mol. The molecule has 4 heteroatoms. The van der Waals surface area contributed by atoms with Gasteiger partial charge in [0.1, 0.15) is 6.10 Å². The van der Waals surface area contributed by atoms with Gasteiger partial charge in [0.25, 0.3) is 0 Å². The van der Waals surface area contributed by atoms with Gasteiger partial charge >= 0.3 is 0 Å². The number of rotatable bonds is 2. The number of hydrogen-bond donors (Lipinski definition) is 2. The summed E-state index contributed by atoms with van der Waals surface area (Å²) >= 11 is 0. The Kier molecular flexibility index (Phi) is 3.59. The van der Waals surface area contributed by atoms with Crippen LogP contribution in [0, 0.1) is 0 Å². The minimum Gasteiger partial charge on any atom is -0.368 e. The van der Waals surface area contributed by atoms with Crippen LogP contribution in [0.2, 0.25) is 0 Å². The number of nitrogens with two attached hydrogens (primary N) is 1. The molecule has 0 unspecified atom stereocenters. The standard InChI is InChI=1S/C11H20N2O2/c12-8-3-5-9(6-4-8)13-11(14)10-2-1-7-15-10/h8-10H,1-7,12H2,(H,13,14)/t8?,9?,10-/m1/s1. The Hall–Kier alpha value is -0.610. The number of ether oxygens (including phenoxy) is 1. The summed E-state index contributed by atoms with van der Waals surface area (Å²) in [6.07, 6.45) is 5.76. The Balaban J connectivity index is 1.74. The molecule has 0 aromatic rings. The van der Waals surface area contributed by atoms with E-state index in [-0.39, 0.29) is 12.0 Å². The maximum absolute atomic E-state index is 11.7. The summed E-state index contributed by atoms with van der Waals surface area (Å²) in [5.74, 6) is 0.0768. The van der Waals surface area contributed by atoms with Crippen molar-refractivity contribution >= 4 is 5.91 Å². The first kappa shape index (κ1) is 10.9. The lowest BCUT2D eigenvalue weighted by atomic mass is 9.91. The highest BCUT2D eigenvalue weighted by Crippen LogP contribution is 2.18. The highest BCUT2D eigenvalue weighted by molar-refractivity contribution is 5.81. The van der Waals surface area contributed by atoms with Crippen LogP contribution in [-0.4, -0.2) is 30.7 Å². The van der Waals surface area contributed by atoms with E-state index >= 15 is 0 Å². The monoisotopic (exact) mass is 212 g/mol. The lowest BCUT2D eigenvalue weighted by Gasteiger charge is -2.27. The molecule has 4 nitrogen and oxygen atoms in total. The molecule has 0 spiro atoms. The van der Waals surface area contributed by atoms with Crippen molar-refractivity contribution < 1.29 is 9.53 Å². The van der Waals surface area contributed by atoms with Gasteiger partial charge < -0.3 is 15.8 Å². The van der Waals surface area contributed by atoms with Crippen molar-refractivity contribution in [1.82, 2.24) is 5.32 Å². The Morgan fingerprint density at radius 2 is 1.93 bits per heavy atom. The van der Waals surface area contributed by atoms with Crippen LogP contribution in [-0.2, 0) is 9.53 Å². The van der Waals surface area contributed by atoms with Crippen LogP contribution in [0.4, 0.5) is 0 Å². The van der Waals surface area contributed by atoms with Gasteiger partial charge in [-0.25, -0.2) is 0 Å². The van der Waals surface area contributed by atoms with E-state index in [1.807, 2.05) is 0 Å². The second-order valence-electron chi connectivity index (χ2n) is 4.62. The van der Waals surface area contributed by atoms with Gasteiger partial charge in [0.15, 0.2) is 0 Å². The quantitative estimate of drug-likeness (QED) is 0.702.